The van der Waals surface area contributed by atoms with Crippen LogP contribution in [-0.4, -0.2) is 0 Å². The molecule has 1 aliphatic rings. The Morgan fingerprint density at radius 3 is 2.90 bits per heavy atom. The van der Waals surface area contributed by atoms with Gasteiger partial charge in [0, 0.05) is 5.69 Å². The van der Waals surface area contributed by atoms with E-state index in [1.54, 1.807) is 6.07 Å². The van der Waals surface area contributed by atoms with Crippen molar-refractivity contribution in [1.82, 2.24) is 0 Å². The lowest BCUT2D eigenvalue weighted by atomic mass is 10.0. The first kappa shape index (κ1) is 13.0. The first-order valence-electron chi connectivity index (χ1n) is 6.73. The number of nitrogens with zero attached hydrogens (tertiary/aromatic N) is 1. The van der Waals surface area contributed by atoms with Crippen molar-refractivity contribution in [3.63, 3.8) is 0 Å². The van der Waals surface area contributed by atoms with Gasteiger partial charge in [0.1, 0.15) is 6.07 Å². The van der Waals surface area contributed by atoms with E-state index < -0.39 is 0 Å². The van der Waals surface area contributed by atoms with Crippen molar-refractivity contribution < 1.29 is 0 Å². The summed E-state index contributed by atoms with van der Waals surface area (Å²) in [6.45, 7) is 2.12. The number of hydrogen-bond donors (Lipinski definition) is 1. The number of nitrogens with one attached hydrogen (secondary N) is 1. The zero-order chi connectivity index (χ0) is 14.1. The van der Waals surface area contributed by atoms with E-state index >= 15 is 0 Å². The van der Waals surface area contributed by atoms with Gasteiger partial charge in [-0.25, -0.2) is 0 Å². The van der Waals surface area contributed by atoms with E-state index in [0.717, 1.165) is 18.5 Å². The van der Waals surface area contributed by atoms with E-state index in [0.29, 0.717) is 16.6 Å². The van der Waals surface area contributed by atoms with Crippen molar-refractivity contribution >= 4 is 17.3 Å². The minimum atomic E-state index is 0.317. The van der Waals surface area contributed by atoms with Gasteiger partial charge in [0.05, 0.1) is 16.6 Å². The Morgan fingerprint density at radius 2 is 2.10 bits per heavy atom. The fourth-order valence-electron chi connectivity index (χ4n) is 2.77. The van der Waals surface area contributed by atoms with Crippen LogP contribution in [-0.2, 0) is 6.42 Å². The van der Waals surface area contributed by atoms with Gasteiger partial charge in [-0.05, 0) is 49.1 Å². The average molecular weight is 283 g/mol. The second-order valence-electron chi connectivity index (χ2n) is 5.24. The predicted molar refractivity (Wildman–Crippen MR) is 82.0 cm³/mol. The number of anilines is 1. The van der Waals surface area contributed by atoms with Gasteiger partial charge >= 0.3 is 0 Å². The summed E-state index contributed by atoms with van der Waals surface area (Å²) in [5, 5.41) is 13.1. The van der Waals surface area contributed by atoms with Crippen LogP contribution in [0.3, 0.4) is 0 Å². The van der Waals surface area contributed by atoms with E-state index in [2.05, 4.69) is 36.5 Å². The molecule has 0 amide bonds. The molecule has 1 aliphatic carbocycles. The van der Waals surface area contributed by atoms with E-state index in [1.807, 2.05) is 12.1 Å². The number of aryl methyl sites for hydroxylation is 2. The molecule has 2 aromatic carbocycles. The molecule has 1 atom stereocenters. The van der Waals surface area contributed by atoms with Gasteiger partial charge < -0.3 is 5.32 Å². The van der Waals surface area contributed by atoms with Crippen LogP contribution < -0.4 is 5.32 Å². The predicted octanol–water partition coefficient (Wildman–Crippen LogP) is 4.62. The summed E-state index contributed by atoms with van der Waals surface area (Å²) >= 11 is 5.96. The number of rotatable bonds is 2. The zero-order valence-electron chi connectivity index (χ0n) is 11.3. The van der Waals surface area contributed by atoms with E-state index in [1.165, 1.54) is 16.7 Å². The zero-order valence-corrected chi connectivity index (χ0v) is 12.0. The Kier molecular flexibility index (Phi) is 3.38. The average Bonchev–Trinajstić information content (AvgIpc) is 2.83. The first-order valence-corrected chi connectivity index (χ1v) is 7.11. The van der Waals surface area contributed by atoms with Crippen molar-refractivity contribution in [2.24, 2.45) is 0 Å². The van der Waals surface area contributed by atoms with Crippen molar-refractivity contribution in [1.29, 1.82) is 5.26 Å². The molecule has 3 heteroatoms. The standard InChI is InChI=1S/C17H15ClN2/c1-11-2-3-12-4-7-17(15(12)8-11)20-14-5-6-16(18)13(9-14)10-19/h2-3,5-6,8-9,17,20H,4,7H2,1H3. The first-order chi connectivity index (χ1) is 9.67. The van der Waals surface area contributed by atoms with Crippen LogP contribution in [0.5, 0.6) is 0 Å². The molecule has 0 saturated carbocycles. The molecule has 3 rings (SSSR count). The maximum atomic E-state index is 9.04. The summed E-state index contributed by atoms with van der Waals surface area (Å²) in [5.41, 5.74) is 5.54. The third kappa shape index (κ3) is 2.37. The lowest BCUT2D eigenvalue weighted by Gasteiger charge is -2.16. The summed E-state index contributed by atoms with van der Waals surface area (Å²) in [7, 11) is 0. The van der Waals surface area contributed by atoms with Crippen LogP contribution in [0, 0.1) is 18.3 Å². The maximum Gasteiger partial charge on any atom is 0.101 e. The molecule has 0 saturated heterocycles. The number of halogens is 1. The molecule has 2 aromatic rings. The molecule has 0 aliphatic heterocycles. The monoisotopic (exact) mass is 282 g/mol. The number of nitriles is 1. The third-order valence-electron chi connectivity index (χ3n) is 3.81. The van der Waals surface area contributed by atoms with Gasteiger partial charge in [-0.1, -0.05) is 35.4 Å². The van der Waals surface area contributed by atoms with Crippen LogP contribution in [0.15, 0.2) is 36.4 Å². The van der Waals surface area contributed by atoms with Gasteiger partial charge in [0.25, 0.3) is 0 Å². The number of benzene rings is 2. The second-order valence-corrected chi connectivity index (χ2v) is 5.65. The molecular weight excluding hydrogens is 268 g/mol. The van der Waals surface area contributed by atoms with Gasteiger partial charge in [-0.15, -0.1) is 0 Å². The fourth-order valence-corrected chi connectivity index (χ4v) is 2.93. The Labute approximate surface area is 124 Å². The van der Waals surface area contributed by atoms with Crippen LogP contribution in [0.1, 0.15) is 34.7 Å². The van der Waals surface area contributed by atoms with E-state index in [4.69, 9.17) is 16.9 Å². The fraction of sp³-hybridized carbons (Fsp3) is 0.235. The summed E-state index contributed by atoms with van der Waals surface area (Å²) in [5.74, 6) is 0. The minimum Gasteiger partial charge on any atom is -0.378 e. The highest BCUT2D eigenvalue weighted by Gasteiger charge is 2.22. The van der Waals surface area contributed by atoms with Crippen molar-refractivity contribution in [2.75, 3.05) is 5.32 Å². The topological polar surface area (TPSA) is 35.8 Å². The lowest BCUT2D eigenvalue weighted by molar-refractivity contribution is 0.762. The molecule has 0 spiro atoms. The van der Waals surface area contributed by atoms with Gasteiger partial charge in [-0.2, -0.15) is 5.26 Å². The molecular formula is C17H15ClN2. The maximum absolute atomic E-state index is 9.04. The minimum absolute atomic E-state index is 0.317. The van der Waals surface area contributed by atoms with Crippen molar-refractivity contribution in [2.45, 2.75) is 25.8 Å². The Bertz CT molecular complexity index is 701. The summed E-state index contributed by atoms with van der Waals surface area (Å²) in [6.07, 6.45) is 2.19. The van der Waals surface area contributed by atoms with Crippen LogP contribution >= 0.6 is 11.6 Å². The molecule has 0 bridgehead atoms. The molecule has 1 unspecified atom stereocenters. The third-order valence-corrected chi connectivity index (χ3v) is 4.14. The number of hydrogen-bond acceptors (Lipinski definition) is 2. The smallest absolute Gasteiger partial charge is 0.101 e. The second kappa shape index (κ2) is 5.19. The summed E-state index contributed by atoms with van der Waals surface area (Å²) < 4.78 is 0. The molecule has 0 radical (unpaired) electrons. The highest BCUT2D eigenvalue weighted by atomic mass is 35.5. The SMILES string of the molecule is Cc1ccc2c(c1)C(Nc1ccc(Cl)c(C#N)c1)CC2. The Hall–Kier alpha value is -1.98. The molecule has 0 fully saturated rings. The molecule has 1 N–H and O–H groups in total. The molecule has 100 valence electrons. The molecule has 2 nitrogen and oxygen atoms in total. The summed E-state index contributed by atoms with van der Waals surface area (Å²) in [4.78, 5) is 0. The highest BCUT2D eigenvalue weighted by molar-refractivity contribution is 6.31. The largest absolute Gasteiger partial charge is 0.378 e. The normalized spacial score (nSPS) is 16.6. The van der Waals surface area contributed by atoms with E-state index in [9.17, 15) is 0 Å². The number of fused-ring (bicyclic) bond motifs is 1. The lowest BCUT2D eigenvalue weighted by Crippen LogP contribution is -2.07. The van der Waals surface area contributed by atoms with Crippen molar-refractivity contribution in [3.8, 4) is 6.07 Å². The molecule has 0 aromatic heterocycles. The quantitative estimate of drug-likeness (QED) is 0.872. The molecule has 0 heterocycles. The van der Waals surface area contributed by atoms with E-state index in [-0.39, 0.29) is 0 Å². The van der Waals surface area contributed by atoms with Gasteiger partial charge in [0.15, 0.2) is 0 Å². The summed E-state index contributed by atoms with van der Waals surface area (Å²) in [6, 6.07) is 14.6. The van der Waals surface area contributed by atoms with Crippen LogP contribution in [0.25, 0.3) is 0 Å². The van der Waals surface area contributed by atoms with Crippen LogP contribution in [0.4, 0.5) is 5.69 Å². The van der Waals surface area contributed by atoms with Crippen LogP contribution in [0.2, 0.25) is 5.02 Å². The van der Waals surface area contributed by atoms with Gasteiger partial charge in [-0.3, -0.25) is 0 Å². The van der Waals surface area contributed by atoms with Gasteiger partial charge in [0.2, 0.25) is 0 Å². The molecule has 20 heavy (non-hydrogen) atoms. The highest BCUT2D eigenvalue weighted by Crippen LogP contribution is 2.35. The van der Waals surface area contributed by atoms with Crippen molar-refractivity contribution in [3.05, 3.63) is 63.7 Å². The Morgan fingerprint density at radius 1 is 1.25 bits per heavy atom. The Balaban J connectivity index is 1.87.